The molecule has 0 spiro atoms. The maximum absolute atomic E-state index is 13.1. The molecule has 0 atom stereocenters. The number of amides is 1. The van der Waals surface area contributed by atoms with Crippen LogP contribution in [-0.2, 0) is 10.2 Å². The van der Waals surface area contributed by atoms with E-state index in [-0.39, 0.29) is 22.9 Å². The van der Waals surface area contributed by atoms with E-state index >= 15 is 0 Å². The van der Waals surface area contributed by atoms with Crippen LogP contribution in [0.1, 0.15) is 18.4 Å². The maximum Gasteiger partial charge on any atom is 0.277 e. The van der Waals surface area contributed by atoms with Crippen LogP contribution in [0.4, 0.5) is 4.39 Å². The summed E-state index contributed by atoms with van der Waals surface area (Å²) in [5, 5.41) is 11.3. The van der Waals surface area contributed by atoms with Crippen LogP contribution in [0.25, 0.3) is 11.5 Å². The monoisotopic (exact) mass is 413 g/mol. The van der Waals surface area contributed by atoms with Crippen molar-refractivity contribution in [3.8, 4) is 17.2 Å². The van der Waals surface area contributed by atoms with Crippen LogP contribution in [-0.4, -0.2) is 35.5 Å². The normalized spacial score (nSPS) is 14.4. The number of ether oxygens (including phenoxy) is 1. The van der Waals surface area contributed by atoms with Crippen LogP contribution in [0.3, 0.4) is 0 Å². The third-order valence-corrected chi connectivity index (χ3v) is 5.82. The summed E-state index contributed by atoms with van der Waals surface area (Å²) in [5.41, 5.74) is 1.78. The predicted octanol–water partition coefficient (Wildman–Crippen LogP) is 3.82. The number of benzene rings is 2. The number of nitrogens with zero attached hydrogens (tertiary/aromatic N) is 2. The lowest BCUT2D eigenvalue weighted by Crippen LogP contribution is -2.33. The molecule has 1 aliphatic rings. The number of carbonyl (C=O) groups is 1. The van der Waals surface area contributed by atoms with E-state index in [4.69, 9.17) is 9.15 Å². The van der Waals surface area contributed by atoms with E-state index in [9.17, 15) is 9.18 Å². The van der Waals surface area contributed by atoms with Crippen molar-refractivity contribution in [3.05, 3.63) is 59.9 Å². The molecule has 4 rings (SSSR count). The van der Waals surface area contributed by atoms with Gasteiger partial charge in [-0.05, 0) is 54.8 Å². The summed E-state index contributed by atoms with van der Waals surface area (Å²) in [6, 6.07) is 13.8. The summed E-state index contributed by atoms with van der Waals surface area (Å²) in [6.45, 7) is 0.541. The minimum absolute atomic E-state index is 0.0694. The molecular formula is C21H20FN3O3S. The van der Waals surface area contributed by atoms with Gasteiger partial charge in [0.1, 0.15) is 11.6 Å². The number of methoxy groups -OCH3 is 1. The highest BCUT2D eigenvalue weighted by atomic mass is 32.2. The quantitative estimate of drug-likeness (QED) is 0.566. The number of thioether (sulfide) groups is 1. The molecule has 0 aliphatic heterocycles. The molecule has 3 aromatic rings. The standard InChI is InChI=1S/C21H20FN3O3S/c1-27-17-8-2-14(3-9-17)19-24-25-20(28-19)29-12-18(26)23-13-21(10-11-21)15-4-6-16(22)7-5-15/h2-9H,10-13H2,1H3,(H,23,26). The molecule has 1 fully saturated rings. The first kappa shape index (κ1) is 19.4. The summed E-state index contributed by atoms with van der Waals surface area (Å²) < 4.78 is 23.9. The van der Waals surface area contributed by atoms with Crippen LogP contribution in [0.2, 0.25) is 0 Å². The average Bonchev–Trinajstić information content (AvgIpc) is 3.40. The van der Waals surface area contributed by atoms with Gasteiger partial charge >= 0.3 is 0 Å². The number of aromatic nitrogens is 2. The molecule has 0 unspecified atom stereocenters. The van der Waals surface area contributed by atoms with Crippen molar-refractivity contribution >= 4 is 17.7 Å². The minimum atomic E-state index is -0.251. The lowest BCUT2D eigenvalue weighted by atomic mass is 9.96. The Labute approximate surface area is 171 Å². The smallest absolute Gasteiger partial charge is 0.277 e. The third kappa shape index (κ3) is 4.59. The Morgan fingerprint density at radius 1 is 1.17 bits per heavy atom. The molecule has 2 aromatic carbocycles. The summed E-state index contributed by atoms with van der Waals surface area (Å²) in [6.07, 6.45) is 1.97. The predicted molar refractivity (Wildman–Crippen MR) is 107 cm³/mol. The van der Waals surface area contributed by atoms with Crippen LogP contribution in [0.5, 0.6) is 5.75 Å². The topological polar surface area (TPSA) is 77.2 Å². The van der Waals surface area contributed by atoms with Crippen molar-refractivity contribution in [2.45, 2.75) is 23.5 Å². The Bertz CT molecular complexity index is 985. The second-order valence-corrected chi connectivity index (χ2v) is 7.88. The first-order valence-corrected chi connectivity index (χ1v) is 10.2. The Morgan fingerprint density at radius 2 is 1.90 bits per heavy atom. The van der Waals surface area contributed by atoms with Gasteiger partial charge in [0, 0.05) is 17.5 Å². The lowest BCUT2D eigenvalue weighted by Gasteiger charge is -2.16. The SMILES string of the molecule is COc1ccc(-c2nnc(SCC(=O)NCC3(c4ccc(F)cc4)CC3)o2)cc1. The number of hydrogen-bond acceptors (Lipinski definition) is 6. The molecule has 1 aliphatic carbocycles. The van der Waals surface area contributed by atoms with Gasteiger partial charge in [0.2, 0.25) is 11.8 Å². The van der Waals surface area contributed by atoms with Gasteiger partial charge in [-0.3, -0.25) is 4.79 Å². The highest BCUT2D eigenvalue weighted by Gasteiger charge is 2.44. The van der Waals surface area contributed by atoms with Gasteiger partial charge in [0.15, 0.2) is 0 Å². The third-order valence-electron chi connectivity index (χ3n) is 5.00. The Morgan fingerprint density at radius 3 is 2.55 bits per heavy atom. The van der Waals surface area contributed by atoms with Crippen molar-refractivity contribution in [2.24, 2.45) is 0 Å². The molecule has 150 valence electrons. The molecule has 6 nitrogen and oxygen atoms in total. The van der Waals surface area contributed by atoms with Gasteiger partial charge in [0.25, 0.3) is 5.22 Å². The number of carbonyl (C=O) groups excluding carboxylic acids is 1. The van der Waals surface area contributed by atoms with E-state index in [1.165, 1.54) is 23.9 Å². The van der Waals surface area contributed by atoms with Crippen molar-refractivity contribution in [1.29, 1.82) is 0 Å². The summed E-state index contributed by atoms with van der Waals surface area (Å²) in [7, 11) is 1.60. The zero-order valence-electron chi connectivity index (χ0n) is 15.9. The van der Waals surface area contributed by atoms with E-state index in [2.05, 4.69) is 15.5 Å². The van der Waals surface area contributed by atoms with Gasteiger partial charge < -0.3 is 14.5 Å². The molecule has 1 N–H and O–H groups in total. The van der Waals surface area contributed by atoms with Crippen molar-refractivity contribution in [3.63, 3.8) is 0 Å². The number of hydrogen-bond donors (Lipinski definition) is 1. The van der Waals surface area contributed by atoms with E-state index in [0.29, 0.717) is 17.7 Å². The summed E-state index contributed by atoms with van der Waals surface area (Å²) >= 11 is 1.19. The minimum Gasteiger partial charge on any atom is -0.497 e. The van der Waals surface area contributed by atoms with E-state index < -0.39 is 0 Å². The van der Waals surface area contributed by atoms with Gasteiger partial charge in [0.05, 0.1) is 12.9 Å². The number of halogens is 1. The van der Waals surface area contributed by atoms with Crippen molar-refractivity contribution < 1.29 is 18.3 Å². The van der Waals surface area contributed by atoms with Crippen LogP contribution in [0.15, 0.2) is 58.2 Å². The highest BCUT2D eigenvalue weighted by Crippen LogP contribution is 2.47. The highest BCUT2D eigenvalue weighted by molar-refractivity contribution is 7.99. The van der Waals surface area contributed by atoms with Crippen molar-refractivity contribution in [2.75, 3.05) is 19.4 Å². The number of rotatable bonds is 8. The average molecular weight is 413 g/mol. The zero-order valence-corrected chi connectivity index (χ0v) is 16.7. The fourth-order valence-electron chi connectivity index (χ4n) is 3.09. The molecule has 1 aromatic heterocycles. The Hall–Kier alpha value is -2.87. The molecule has 29 heavy (non-hydrogen) atoms. The van der Waals surface area contributed by atoms with Crippen LogP contribution in [0, 0.1) is 5.82 Å². The molecular weight excluding hydrogens is 393 g/mol. The fourth-order valence-corrected chi connectivity index (χ4v) is 3.68. The summed E-state index contributed by atoms with van der Waals surface area (Å²) in [4.78, 5) is 12.2. The molecule has 1 heterocycles. The first-order chi connectivity index (χ1) is 14.1. The van der Waals surface area contributed by atoms with Crippen LogP contribution < -0.4 is 10.1 Å². The molecule has 0 radical (unpaired) electrons. The second kappa shape index (κ2) is 8.24. The second-order valence-electron chi connectivity index (χ2n) is 6.95. The first-order valence-electron chi connectivity index (χ1n) is 9.21. The van der Waals surface area contributed by atoms with E-state index in [0.717, 1.165) is 29.7 Å². The largest absolute Gasteiger partial charge is 0.497 e. The maximum atomic E-state index is 13.1. The lowest BCUT2D eigenvalue weighted by molar-refractivity contribution is -0.118. The van der Waals surface area contributed by atoms with Crippen LogP contribution >= 0.6 is 11.8 Å². The molecule has 0 bridgehead atoms. The molecule has 0 saturated heterocycles. The van der Waals surface area contributed by atoms with Gasteiger partial charge in [-0.15, -0.1) is 10.2 Å². The fraction of sp³-hybridized carbons (Fsp3) is 0.286. The van der Waals surface area contributed by atoms with Gasteiger partial charge in [-0.2, -0.15) is 0 Å². The molecule has 1 amide bonds. The molecule has 1 saturated carbocycles. The van der Waals surface area contributed by atoms with Gasteiger partial charge in [-0.25, -0.2) is 4.39 Å². The van der Waals surface area contributed by atoms with Gasteiger partial charge in [-0.1, -0.05) is 23.9 Å². The van der Waals surface area contributed by atoms with E-state index in [1.807, 2.05) is 24.3 Å². The van der Waals surface area contributed by atoms with E-state index in [1.54, 1.807) is 19.2 Å². The Balaban J connectivity index is 1.28. The van der Waals surface area contributed by atoms with Crippen molar-refractivity contribution in [1.82, 2.24) is 15.5 Å². The zero-order chi connectivity index (χ0) is 20.3. The summed E-state index contributed by atoms with van der Waals surface area (Å²) in [5.74, 6) is 0.965. The molecule has 8 heteroatoms. The number of nitrogens with one attached hydrogen (secondary N) is 1. The Kier molecular flexibility index (Phi) is 5.53.